The number of nitrogens with zero attached hydrogens (tertiary/aromatic N) is 1. The van der Waals surface area contributed by atoms with Crippen LogP contribution in [0.1, 0.15) is 25.0 Å². The Morgan fingerprint density at radius 3 is 2.58 bits per heavy atom. The topological polar surface area (TPSA) is 62.1 Å². The molecule has 1 heterocycles. The number of pyridine rings is 1. The summed E-state index contributed by atoms with van der Waals surface area (Å²) in [5.74, 6) is 0. The van der Waals surface area contributed by atoms with Gasteiger partial charge in [-0.1, -0.05) is 19.9 Å². The molecule has 2 aromatic rings. The molecule has 0 aliphatic heterocycles. The van der Waals surface area contributed by atoms with Gasteiger partial charge < -0.3 is 10.7 Å². The minimum Gasteiger partial charge on any atom is -0.326 e. The Bertz CT molecular complexity index is 614. The van der Waals surface area contributed by atoms with Crippen molar-refractivity contribution in [2.75, 3.05) is 13.1 Å². The highest BCUT2D eigenvalue weighted by molar-refractivity contribution is 5.79. The summed E-state index contributed by atoms with van der Waals surface area (Å²) in [6.45, 7) is 7.29. The molecule has 0 radical (unpaired) electrons. The van der Waals surface area contributed by atoms with Crippen molar-refractivity contribution < 1.29 is 0 Å². The van der Waals surface area contributed by atoms with Crippen molar-refractivity contribution >= 4 is 10.9 Å². The zero-order valence-electron chi connectivity index (χ0n) is 11.6. The first-order valence-electron chi connectivity index (χ1n) is 6.75. The predicted molar refractivity (Wildman–Crippen MR) is 79.1 cm³/mol. The van der Waals surface area contributed by atoms with Crippen LogP contribution >= 0.6 is 0 Å². The largest absolute Gasteiger partial charge is 0.326 e. The first-order valence-corrected chi connectivity index (χ1v) is 6.75. The Labute approximate surface area is 113 Å². The average Bonchev–Trinajstić information content (AvgIpc) is 2.44. The zero-order chi connectivity index (χ0) is 13.8. The van der Waals surface area contributed by atoms with Crippen molar-refractivity contribution in [2.24, 2.45) is 5.73 Å². The van der Waals surface area contributed by atoms with Crippen molar-refractivity contribution in [3.05, 3.63) is 45.7 Å². The minimum atomic E-state index is -0.0000940. The van der Waals surface area contributed by atoms with Gasteiger partial charge in [-0.05, 0) is 42.2 Å². The SMILES string of the molecule is CCN(CC)Cc1cc2cc(CN)ccc2[nH]c1=O. The van der Waals surface area contributed by atoms with Gasteiger partial charge in [0.05, 0.1) is 0 Å². The number of aromatic amines is 1. The van der Waals surface area contributed by atoms with E-state index in [0.29, 0.717) is 13.1 Å². The maximum absolute atomic E-state index is 12.0. The molecule has 102 valence electrons. The molecule has 19 heavy (non-hydrogen) atoms. The van der Waals surface area contributed by atoms with Crippen LogP contribution in [-0.2, 0) is 13.1 Å². The number of fused-ring (bicyclic) bond motifs is 1. The van der Waals surface area contributed by atoms with Crippen molar-refractivity contribution in [1.29, 1.82) is 0 Å². The average molecular weight is 259 g/mol. The van der Waals surface area contributed by atoms with Crippen molar-refractivity contribution in [3.63, 3.8) is 0 Å². The number of aromatic nitrogens is 1. The summed E-state index contributed by atoms with van der Waals surface area (Å²) >= 11 is 0. The molecule has 3 N–H and O–H groups in total. The predicted octanol–water partition coefficient (Wildman–Crippen LogP) is 1.83. The normalized spacial score (nSPS) is 11.4. The van der Waals surface area contributed by atoms with Gasteiger partial charge >= 0.3 is 0 Å². The smallest absolute Gasteiger partial charge is 0.252 e. The second kappa shape index (κ2) is 5.99. The van der Waals surface area contributed by atoms with Gasteiger partial charge in [0.1, 0.15) is 0 Å². The summed E-state index contributed by atoms with van der Waals surface area (Å²) in [6.07, 6.45) is 0. The van der Waals surface area contributed by atoms with Gasteiger partial charge in [-0.15, -0.1) is 0 Å². The fourth-order valence-electron chi connectivity index (χ4n) is 2.23. The molecule has 1 aromatic carbocycles. The Morgan fingerprint density at radius 2 is 1.95 bits per heavy atom. The monoisotopic (exact) mass is 259 g/mol. The number of hydrogen-bond donors (Lipinski definition) is 2. The van der Waals surface area contributed by atoms with Crippen LogP contribution in [0.3, 0.4) is 0 Å². The first kappa shape index (κ1) is 13.8. The lowest BCUT2D eigenvalue weighted by molar-refractivity contribution is 0.295. The second-order valence-corrected chi connectivity index (χ2v) is 4.71. The molecule has 0 aliphatic carbocycles. The molecule has 2 rings (SSSR count). The van der Waals surface area contributed by atoms with Gasteiger partial charge in [-0.25, -0.2) is 0 Å². The highest BCUT2D eigenvalue weighted by atomic mass is 16.1. The molecule has 0 unspecified atom stereocenters. The van der Waals surface area contributed by atoms with Crippen LogP contribution < -0.4 is 11.3 Å². The number of benzene rings is 1. The molecule has 0 aliphatic rings. The van der Waals surface area contributed by atoms with Crippen molar-refractivity contribution in [3.8, 4) is 0 Å². The Kier molecular flexibility index (Phi) is 4.35. The van der Waals surface area contributed by atoms with E-state index in [1.54, 1.807) is 0 Å². The molecule has 1 aromatic heterocycles. The van der Waals surface area contributed by atoms with E-state index in [4.69, 9.17) is 5.73 Å². The Hall–Kier alpha value is -1.65. The second-order valence-electron chi connectivity index (χ2n) is 4.71. The molecule has 4 heteroatoms. The van der Waals surface area contributed by atoms with Crippen LogP contribution in [0.15, 0.2) is 29.1 Å². The van der Waals surface area contributed by atoms with E-state index in [9.17, 15) is 4.79 Å². The number of H-pyrrole nitrogens is 1. The van der Waals surface area contributed by atoms with Gasteiger partial charge in [-0.2, -0.15) is 0 Å². The molecule has 0 fully saturated rings. The van der Waals surface area contributed by atoms with Crippen molar-refractivity contribution in [1.82, 2.24) is 9.88 Å². The zero-order valence-corrected chi connectivity index (χ0v) is 11.6. The van der Waals surface area contributed by atoms with Gasteiger partial charge in [0.15, 0.2) is 0 Å². The maximum Gasteiger partial charge on any atom is 0.252 e. The highest BCUT2D eigenvalue weighted by Gasteiger charge is 2.07. The third-order valence-electron chi connectivity index (χ3n) is 3.51. The standard InChI is InChI=1S/C15H21N3O/c1-3-18(4-2)10-13-8-12-7-11(9-16)5-6-14(12)17-15(13)19/h5-8H,3-4,9-10,16H2,1-2H3,(H,17,19). The van der Waals surface area contributed by atoms with Crippen LogP contribution in [0, 0.1) is 0 Å². The van der Waals surface area contributed by atoms with Crippen molar-refractivity contribution in [2.45, 2.75) is 26.9 Å². The van der Waals surface area contributed by atoms with E-state index in [0.717, 1.165) is 35.1 Å². The maximum atomic E-state index is 12.0. The summed E-state index contributed by atoms with van der Waals surface area (Å²) in [5.41, 5.74) is 8.41. The molecule has 0 spiro atoms. The molecule has 4 nitrogen and oxygen atoms in total. The lowest BCUT2D eigenvalue weighted by Crippen LogP contribution is -2.26. The summed E-state index contributed by atoms with van der Waals surface area (Å²) < 4.78 is 0. The Balaban J connectivity index is 2.44. The van der Waals surface area contributed by atoms with Crippen LogP contribution in [0.2, 0.25) is 0 Å². The van der Waals surface area contributed by atoms with Crippen LogP contribution in [-0.4, -0.2) is 23.0 Å². The summed E-state index contributed by atoms with van der Waals surface area (Å²) in [6, 6.07) is 7.88. The molecule has 0 saturated heterocycles. The van der Waals surface area contributed by atoms with E-state index < -0.39 is 0 Å². The molecule has 0 bridgehead atoms. The van der Waals surface area contributed by atoms with Crippen LogP contribution in [0.25, 0.3) is 10.9 Å². The third kappa shape index (κ3) is 3.03. The highest BCUT2D eigenvalue weighted by Crippen LogP contribution is 2.14. The summed E-state index contributed by atoms with van der Waals surface area (Å²) in [5, 5.41) is 1.05. The first-order chi connectivity index (χ1) is 9.17. The lowest BCUT2D eigenvalue weighted by atomic mass is 10.1. The summed E-state index contributed by atoms with van der Waals surface area (Å²) in [7, 11) is 0. The van der Waals surface area contributed by atoms with E-state index in [-0.39, 0.29) is 5.56 Å². The van der Waals surface area contributed by atoms with Gasteiger partial charge in [0, 0.05) is 24.2 Å². The number of hydrogen-bond acceptors (Lipinski definition) is 3. The van der Waals surface area contributed by atoms with Gasteiger partial charge in [0.25, 0.3) is 5.56 Å². The fourth-order valence-corrected chi connectivity index (χ4v) is 2.23. The van der Waals surface area contributed by atoms with E-state index in [2.05, 4.69) is 23.7 Å². The van der Waals surface area contributed by atoms with Gasteiger partial charge in [-0.3, -0.25) is 9.69 Å². The molecule has 0 amide bonds. The molecule has 0 atom stereocenters. The van der Waals surface area contributed by atoms with Crippen LogP contribution in [0.4, 0.5) is 0 Å². The molecular weight excluding hydrogens is 238 g/mol. The Morgan fingerprint density at radius 1 is 1.21 bits per heavy atom. The van der Waals surface area contributed by atoms with E-state index >= 15 is 0 Å². The number of nitrogens with two attached hydrogens (primary N) is 1. The van der Waals surface area contributed by atoms with Crippen LogP contribution in [0.5, 0.6) is 0 Å². The lowest BCUT2D eigenvalue weighted by Gasteiger charge is -2.17. The quantitative estimate of drug-likeness (QED) is 0.861. The fraction of sp³-hybridized carbons (Fsp3) is 0.400. The third-order valence-corrected chi connectivity index (χ3v) is 3.51. The molecular formula is C15H21N3O. The summed E-state index contributed by atoms with van der Waals surface area (Å²) in [4.78, 5) is 17.2. The minimum absolute atomic E-state index is 0.0000940. The van der Waals surface area contributed by atoms with E-state index in [1.807, 2.05) is 24.3 Å². The van der Waals surface area contributed by atoms with Gasteiger partial charge in [0.2, 0.25) is 0 Å². The molecule has 0 saturated carbocycles. The number of rotatable bonds is 5. The number of nitrogens with one attached hydrogen (secondary N) is 1. The van der Waals surface area contributed by atoms with E-state index in [1.165, 1.54) is 0 Å².